The van der Waals surface area contributed by atoms with Crippen molar-refractivity contribution in [2.45, 2.75) is 6.92 Å². The number of nitrogens with zero attached hydrogens (tertiary/aromatic N) is 2. The van der Waals surface area contributed by atoms with Crippen LogP contribution in [0.25, 0.3) is 0 Å². The summed E-state index contributed by atoms with van der Waals surface area (Å²) in [5.41, 5.74) is -0.00560. The molecule has 5 nitrogen and oxygen atoms in total. The molecule has 0 unspecified atom stereocenters. The van der Waals surface area contributed by atoms with Gasteiger partial charge in [-0.1, -0.05) is 0 Å². The van der Waals surface area contributed by atoms with Crippen LogP contribution in [-0.2, 0) is 0 Å². The third kappa shape index (κ3) is 2.68. The molecule has 8 heteroatoms. The van der Waals surface area contributed by atoms with Crippen LogP contribution >= 0.6 is 0 Å². The molecule has 0 aliphatic carbocycles. The molecule has 0 saturated carbocycles. The van der Waals surface area contributed by atoms with Gasteiger partial charge < -0.3 is 10.4 Å². The second-order valence-corrected chi connectivity index (χ2v) is 3.88. The first-order valence-electron chi connectivity index (χ1n) is 5.37. The first-order chi connectivity index (χ1) is 9.38. The molecule has 2 N–H and O–H groups in total. The van der Waals surface area contributed by atoms with Crippen molar-refractivity contribution in [1.82, 2.24) is 9.97 Å². The van der Waals surface area contributed by atoms with Crippen molar-refractivity contribution in [3.8, 4) is 0 Å². The van der Waals surface area contributed by atoms with Gasteiger partial charge >= 0.3 is 5.97 Å². The summed E-state index contributed by atoms with van der Waals surface area (Å²) in [7, 11) is 0. The minimum absolute atomic E-state index is 0.0575. The Morgan fingerprint density at radius 2 is 1.85 bits per heavy atom. The topological polar surface area (TPSA) is 75.1 Å². The lowest BCUT2D eigenvalue weighted by molar-refractivity contribution is 0.0695. The molecule has 0 aliphatic heterocycles. The minimum Gasteiger partial charge on any atom is -0.478 e. The van der Waals surface area contributed by atoms with E-state index in [9.17, 15) is 18.0 Å². The zero-order valence-corrected chi connectivity index (χ0v) is 10.1. The van der Waals surface area contributed by atoms with Crippen molar-refractivity contribution in [3.05, 3.63) is 47.0 Å². The number of nitrogens with one attached hydrogen (secondary N) is 1. The molecule has 0 spiro atoms. The number of carbonyl (C=O) groups is 1. The van der Waals surface area contributed by atoms with E-state index in [0.29, 0.717) is 0 Å². The van der Waals surface area contributed by atoms with E-state index in [2.05, 4.69) is 15.3 Å². The number of carboxylic acid groups (broad SMARTS) is 1. The van der Waals surface area contributed by atoms with Gasteiger partial charge in [0.1, 0.15) is 0 Å². The van der Waals surface area contributed by atoms with Crippen LogP contribution in [-0.4, -0.2) is 21.0 Å². The van der Waals surface area contributed by atoms with Crippen molar-refractivity contribution < 1.29 is 23.1 Å². The van der Waals surface area contributed by atoms with Gasteiger partial charge in [0.15, 0.2) is 17.5 Å². The first kappa shape index (κ1) is 13.8. The predicted octanol–water partition coefficient (Wildman–Crippen LogP) is 2.64. The highest BCUT2D eigenvalue weighted by Crippen LogP contribution is 2.20. The molecular formula is C12H8F3N3O2. The third-order valence-corrected chi connectivity index (χ3v) is 2.45. The number of rotatable bonds is 3. The van der Waals surface area contributed by atoms with Gasteiger partial charge in [0.2, 0.25) is 5.95 Å². The first-order valence-corrected chi connectivity index (χ1v) is 5.37. The van der Waals surface area contributed by atoms with E-state index < -0.39 is 23.4 Å². The van der Waals surface area contributed by atoms with Gasteiger partial charge in [-0.3, -0.25) is 0 Å². The number of aromatic carboxylic acids is 1. The molecule has 1 heterocycles. The molecule has 0 saturated heterocycles. The number of aryl methyl sites for hydroxylation is 1. The van der Waals surface area contributed by atoms with E-state index in [1.807, 2.05) is 0 Å². The number of hydrogen-bond acceptors (Lipinski definition) is 4. The average molecular weight is 283 g/mol. The summed E-state index contributed by atoms with van der Waals surface area (Å²) < 4.78 is 38.8. The quantitative estimate of drug-likeness (QED) is 0.847. The number of carboxylic acids is 1. The smallest absolute Gasteiger partial charge is 0.339 e. The lowest BCUT2D eigenvalue weighted by atomic mass is 10.2. The van der Waals surface area contributed by atoms with Crippen molar-refractivity contribution in [1.29, 1.82) is 0 Å². The molecule has 0 amide bonds. The second-order valence-electron chi connectivity index (χ2n) is 3.88. The van der Waals surface area contributed by atoms with Crippen LogP contribution in [0.4, 0.5) is 24.8 Å². The zero-order chi connectivity index (χ0) is 14.9. The maximum atomic E-state index is 13.0. The van der Waals surface area contributed by atoms with Crippen LogP contribution in [0, 0.1) is 24.4 Å². The number of hydrogen-bond donors (Lipinski definition) is 2. The highest BCUT2D eigenvalue weighted by molar-refractivity contribution is 5.88. The lowest BCUT2D eigenvalue weighted by Gasteiger charge is -2.07. The van der Waals surface area contributed by atoms with Gasteiger partial charge in [0.05, 0.1) is 11.3 Å². The molecule has 1 aromatic heterocycles. The van der Waals surface area contributed by atoms with E-state index in [-0.39, 0.29) is 22.9 Å². The summed E-state index contributed by atoms with van der Waals surface area (Å²) in [5, 5.41) is 11.3. The Morgan fingerprint density at radius 3 is 2.35 bits per heavy atom. The van der Waals surface area contributed by atoms with Crippen LogP contribution in [0.5, 0.6) is 0 Å². The molecule has 0 aliphatic rings. The maximum Gasteiger partial charge on any atom is 0.339 e. The highest BCUT2D eigenvalue weighted by atomic mass is 19.2. The molecule has 2 aromatic rings. The normalized spacial score (nSPS) is 10.4. The predicted molar refractivity (Wildman–Crippen MR) is 63.3 cm³/mol. The molecule has 20 heavy (non-hydrogen) atoms. The average Bonchev–Trinajstić information content (AvgIpc) is 2.35. The van der Waals surface area contributed by atoms with Gasteiger partial charge in [-0.2, -0.15) is 0 Å². The summed E-state index contributed by atoms with van der Waals surface area (Å²) in [6.45, 7) is 1.45. The van der Waals surface area contributed by atoms with Crippen molar-refractivity contribution in [2.75, 3.05) is 5.32 Å². The van der Waals surface area contributed by atoms with Crippen LogP contribution in [0.3, 0.4) is 0 Å². The van der Waals surface area contributed by atoms with Gasteiger partial charge in [-0.05, 0) is 6.92 Å². The molecule has 2 rings (SSSR count). The van der Waals surface area contributed by atoms with Gasteiger partial charge in [-0.15, -0.1) is 0 Å². The largest absolute Gasteiger partial charge is 0.478 e. The van der Waals surface area contributed by atoms with Crippen LogP contribution < -0.4 is 5.32 Å². The van der Waals surface area contributed by atoms with Crippen LogP contribution in [0.15, 0.2) is 18.3 Å². The summed E-state index contributed by atoms with van der Waals surface area (Å²) in [5.74, 6) is -5.53. The van der Waals surface area contributed by atoms with Crippen molar-refractivity contribution >= 4 is 17.6 Å². The van der Waals surface area contributed by atoms with Gasteiger partial charge in [-0.25, -0.2) is 27.9 Å². The lowest BCUT2D eigenvalue weighted by Crippen LogP contribution is -2.06. The molecule has 0 fully saturated rings. The summed E-state index contributed by atoms with van der Waals surface area (Å²) in [4.78, 5) is 18.3. The second kappa shape index (κ2) is 5.16. The number of benzene rings is 1. The fraction of sp³-hybridized carbons (Fsp3) is 0.0833. The van der Waals surface area contributed by atoms with E-state index in [4.69, 9.17) is 5.11 Å². The fourth-order valence-corrected chi connectivity index (χ4v) is 1.49. The molecule has 0 radical (unpaired) electrons. The monoisotopic (exact) mass is 283 g/mol. The highest BCUT2D eigenvalue weighted by Gasteiger charge is 2.13. The van der Waals surface area contributed by atoms with Crippen molar-refractivity contribution in [3.63, 3.8) is 0 Å². The Bertz CT molecular complexity index is 669. The van der Waals surface area contributed by atoms with Gasteiger partial charge in [0, 0.05) is 24.0 Å². The van der Waals surface area contributed by atoms with Crippen LogP contribution in [0.1, 0.15) is 16.1 Å². The molecular weight excluding hydrogens is 275 g/mol. The Kier molecular flexibility index (Phi) is 3.55. The van der Waals surface area contributed by atoms with Crippen molar-refractivity contribution in [2.24, 2.45) is 0 Å². The molecule has 1 aromatic carbocycles. The maximum absolute atomic E-state index is 13.0. The Labute approximate surface area is 111 Å². The fourth-order valence-electron chi connectivity index (χ4n) is 1.49. The summed E-state index contributed by atoms with van der Waals surface area (Å²) in [6, 6.07) is 1.48. The summed E-state index contributed by atoms with van der Waals surface area (Å²) in [6.07, 6.45) is 1.06. The van der Waals surface area contributed by atoms with Crippen LogP contribution in [0.2, 0.25) is 0 Å². The third-order valence-electron chi connectivity index (χ3n) is 2.45. The van der Waals surface area contributed by atoms with E-state index in [0.717, 1.165) is 18.3 Å². The number of halogens is 3. The molecule has 104 valence electrons. The van der Waals surface area contributed by atoms with E-state index >= 15 is 0 Å². The SMILES string of the molecule is Cc1nc(Nc2cc(F)c(F)c(F)c2)ncc1C(=O)O. The Balaban J connectivity index is 2.31. The van der Waals surface area contributed by atoms with E-state index in [1.165, 1.54) is 6.92 Å². The molecule has 0 bridgehead atoms. The Morgan fingerprint density at radius 1 is 1.25 bits per heavy atom. The Hall–Kier alpha value is -2.64. The zero-order valence-electron chi connectivity index (χ0n) is 10.1. The summed E-state index contributed by atoms with van der Waals surface area (Å²) >= 11 is 0. The van der Waals surface area contributed by atoms with E-state index in [1.54, 1.807) is 0 Å². The standard InChI is InChI=1S/C12H8F3N3O2/c1-5-7(11(19)20)4-16-12(17-5)18-6-2-8(13)10(15)9(14)3-6/h2-4H,1H3,(H,19,20)(H,16,17,18). The number of anilines is 2. The minimum atomic E-state index is -1.58. The van der Waals surface area contributed by atoms with Gasteiger partial charge in [0.25, 0.3) is 0 Å². The molecule has 0 atom stereocenters. The number of aromatic nitrogens is 2.